The zero-order valence-corrected chi connectivity index (χ0v) is 19.7. The van der Waals surface area contributed by atoms with Gasteiger partial charge in [0.1, 0.15) is 22.8 Å². The molecule has 0 fully saturated rings. The number of para-hydroxylation sites is 1. The molecule has 0 aliphatic heterocycles. The highest BCUT2D eigenvalue weighted by molar-refractivity contribution is 6.19. The summed E-state index contributed by atoms with van der Waals surface area (Å²) in [5.74, 6) is -1.24. The maximum Gasteiger partial charge on any atom is 0.143 e. The standard InChI is InChI=1S/C34H20F2O/c35-23-18-22(19-24(36)20-23)26-15-17-30(33-31-12-6-7-13-32(31)37-34(26)33)29-16-14-25(21-8-2-1-3-9-21)27-10-4-5-11-28(27)29/h1-20H. The summed E-state index contributed by atoms with van der Waals surface area (Å²) < 4.78 is 34.6. The summed E-state index contributed by atoms with van der Waals surface area (Å²) in [6, 6.07) is 38.4. The fraction of sp³-hybridized carbons (Fsp3) is 0. The number of fused-ring (bicyclic) bond motifs is 4. The van der Waals surface area contributed by atoms with Gasteiger partial charge in [0.05, 0.1) is 0 Å². The molecule has 0 bridgehead atoms. The maximum atomic E-state index is 14.1. The molecular formula is C34H20F2O. The summed E-state index contributed by atoms with van der Waals surface area (Å²) >= 11 is 0. The summed E-state index contributed by atoms with van der Waals surface area (Å²) in [5.41, 5.74) is 6.84. The van der Waals surface area contributed by atoms with E-state index in [2.05, 4.69) is 48.5 Å². The SMILES string of the molecule is Fc1cc(F)cc(-c2ccc(-c3ccc(-c4ccccc4)c4ccccc34)c3c2oc2ccccc23)c1. The lowest BCUT2D eigenvalue weighted by molar-refractivity contribution is 0.584. The summed E-state index contributed by atoms with van der Waals surface area (Å²) in [4.78, 5) is 0. The second kappa shape index (κ2) is 8.42. The Morgan fingerprint density at radius 3 is 1.76 bits per heavy atom. The van der Waals surface area contributed by atoms with Crippen LogP contribution < -0.4 is 0 Å². The number of benzene rings is 6. The van der Waals surface area contributed by atoms with Crippen LogP contribution in [-0.2, 0) is 0 Å². The highest BCUT2D eigenvalue weighted by atomic mass is 19.1. The van der Waals surface area contributed by atoms with E-state index in [9.17, 15) is 8.78 Å². The average molecular weight is 483 g/mol. The second-order valence-electron chi connectivity index (χ2n) is 9.19. The van der Waals surface area contributed by atoms with E-state index in [0.29, 0.717) is 16.7 Å². The second-order valence-corrected chi connectivity index (χ2v) is 9.19. The molecule has 1 aromatic heterocycles. The van der Waals surface area contributed by atoms with Crippen molar-refractivity contribution in [2.75, 3.05) is 0 Å². The maximum absolute atomic E-state index is 14.1. The molecule has 1 heterocycles. The van der Waals surface area contributed by atoms with E-state index in [-0.39, 0.29) is 0 Å². The van der Waals surface area contributed by atoms with E-state index in [1.165, 1.54) is 17.7 Å². The molecule has 37 heavy (non-hydrogen) atoms. The number of halogens is 2. The average Bonchev–Trinajstić information content (AvgIpc) is 3.32. The fourth-order valence-electron chi connectivity index (χ4n) is 5.39. The predicted octanol–water partition coefficient (Wildman–Crippen LogP) is 10.0. The first-order valence-electron chi connectivity index (χ1n) is 12.2. The quantitative estimate of drug-likeness (QED) is 0.244. The molecule has 0 unspecified atom stereocenters. The molecule has 0 saturated heterocycles. The number of furan rings is 1. The van der Waals surface area contributed by atoms with Crippen LogP contribution in [-0.4, -0.2) is 0 Å². The molecule has 0 aliphatic rings. The Balaban J connectivity index is 1.55. The Morgan fingerprint density at radius 1 is 0.432 bits per heavy atom. The van der Waals surface area contributed by atoms with Crippen molar-refractivity contribution in [3.8, 4) is 33.4 Å². The van der Waals surface area contributed by atoms with Gasteiger partial charge in [-0.25, -0.2) is 8.78 Å². The van der Waals surface area contributed by atoms with E-state index in [0.717, 1.165) is 49.9 Å². The molecule has 3 heteroatoms. The summed E-state index contributed by atoms with van der Waals surface area (Å²) in [7, 11) is 0. The first-order chi connectivity index (χ1) is 18.2. The number of hydrogen-bond donors (Lipinski definition) is 0. The monoisotopic (exact) mass is 482 g/mol. The van der Waals surface area contributed by atoms with Crippen LogP contribution >= 0.6 is 0 Å². The lowest BCUT2D eigenvalue weighted by atomic mass is 9.89. The molecule has 0 aliphatic carbocycles. The van der Waals surface area contributed by atoms with Crippen molar-refractivity contribution in [3.05, 3.63) is 133 Å². The molecule has 7 rings (SSSR count). The third-order valence-electron chi connectivity index (χ3n) is 7.00. The van der Waals surface area contributed by atoms with Crippen LogP contribution in [0.25, 0.3) is 66.1 Å². The van der Waals surface area contributed by atoms with Crippen molar-refractivity contribution >= 4 is 32.7 Å². The minimum absolute atomic E-state index is 0.442. The molecule has 176 valence electrons. The van der Waals surface area contributed by atoms with Gasteiger partial charge in [-0.1, -0.05) is 91.0 Å². The van der Waals surface area contributed by atoms with Crippen LogP contribution in [0.3, 0.4) is 0 Å². The number of hydrogen-bond acceptors (Lipinski definition) is 1. The topological polar surface area (TPSA) is 13.1 Å². The van der Waals surface area contributed by atoms with Crippen LogP contribution in [0.1, 0.15) is 0 Å². The molecule has 6 aromatic carbocycles. The van der Waals surface area contributed by atoms with Gasteiger partial charge in [0, 0.05) is 22.4 Å². The predicted molar refractivity (Wildman–Crippen MR) is 147 cm³/mol. The van der Waals surface area contributed by atoms with Gasteiger partial charge in [-0.3, -0.25) is 0 Å². The van der Waals surface area contributed by atoms with Crippen molar-refractivity contribution in [1.82, 2.24) is 0 Å². The Bertz CT molecular complexity index is 1930. The van der Waals surface area contributed by atoms with Gasteiger partial charge in [0.25, 0.3) is 0 Å². The summed E-state index contributed by atoms with van der Waals surface area (Å²) in [6.07, 6.45) is 0. The highest BCUT2D eigenvalue weighted by Gasteiger charge is 2.19. The molecule has 0 radical (unpaired) electrons. The zero-order valence-electron chi connectivity index (χ0n) is 19.7. The van der Waals surface area contributed by atoms with Gasteiger partial charge >= 0.3 is 0 Å². The van der Waals surface area contributed by atoms with E-state index >= 15 is 0 Å². The Kier molecular flexibility index (Phi) is 4.90. The van der Waals surface area contributed by atoms with Crippen LogP contribution in [0.2, 0.25) is 0 Å². The smallest absolute Gasteiger partial charge is 0.143 e. The van der Waals surface area contributed by atoms with Crippen molar-refractivity contribution in [3.63, 3.8) is 0 Å². The van der Waals surface area contributed by atoms with Crippen LogP contribution in [0.4, 0.5) is 8.78 Å². The molecule has 1 nitrogen and oxygen atoms in total. The zero-order chi connectivity index (χ0) is 24.9. The molecule has 0 spiro atoms. The third-order valence-corrected chi connectivity index (χ3v) is 7.00. The van der Waals surface area contributed by atoms with E-state index in [1.807, 2.05) is 54.6 Å². The van der Waals surface area contributed by atoms with Crippen LogP contribution in [0.15, 0.2) is 126 Å². The fourth-order valence-corrected chi connectivity index (χ4v) is 5.39. The van der Waals surface area contributed by atoms with Crippen LogP contribution in [0, 0.1) is 11.6 Å². The van der Waals surface area contributed by atoms with Gasteiger partial charge in [-0.2, -0.15) is 0 Å². The van der Waals surface area contributed by atoms with Crippen molar-refractivity contribution in [1.29, 1.82) is 0 Å². The Hall–Kier alpha value is -4.76. The van der Waals surface area contributed by atoms with Crippen molar-refractivity contribution in [2.24, 2.45) is 0 Å². The minimum atomic E-state index is -0.620. The van der Waals surface area contributed by atoms with E-state index in [1.54, 1.807) is 0 Å². The minimum Gasteiger partial charge on any atom is -0.455 e. The van der Waals surface area contributed by atoms with Gasteiger partial charge in [0.2, 0.25) is 0 Å². The van der Waals surface area contributed by atoms with Gasteiger partial charge in [-0.15, -0.1) is 0 Å². The van der Waals surface area contributed by atoms with E-state index < -0.39 is 11.6 Å². The largest absolute Gasteiger partial charge is 0.455 e. The first kappa shape index (κ1) is 21.5. The molecule has 0 N–H and O–H groups in total. The molecule has 7 aromatic rings. The molecule has 0 saturated carbocycles. The molecular weight excluding hydrogens is 462 g/mol. The van der Waals surface area contributed by atoms with E-state index in [4.69, 9.17) is 4.42 Å². The lowest BCUT2D eigenvalue weighted by Crippen LogP contribution is -1.89. The lowest BCUT2D eigenvalue weighted by Gasteiger charge is -2.14. The first-order valence-corrected chi connectivity index (χ1v) is 12.2. The third kappa shape index (κ3) is 3.51. The highest BCUT2D eigenvalue weighted by Crippen LogP contribution is 2.44. The van der Waals surface area contributed by atoms with Crippen molar-refractivity contribution in [2.45, 2.75) is 0 Å². The van der Waals surface area contributed by atoms with Crippen molar-refractivity contribution < 1.29 is 13.2 Å². The Labute approximate surface area is 212 Å². The van der Waals surface area contributed by atoms with Gasteiger partial charge in [0.15, 0.2) is 0 Å². The normalized spacial score (nSPS) is 11.5. The number of rotatable bonds is 3. The molecule has 0 atom stereocenters. The molecule has 0 amide bonds. The van der Waals surface area contributed by atoms with Gasteiger partial charge in [-0.05, 0) is 62.9 Å². The Morgan fingerprint density at radius 2 is 1.00 bits per heavy atom. The van der Waals surface area contributed by atoms with Gasteiger partial charge < -0.3 is 4.42 Å². The summed E-state index contributed by atoms with van der Waals surface area (Å²) in [6.45, 7) is 0. The summed E-state index contributed by atoms with van der Waals surface area (Å²) in [5, 5.41) is 4.17. The van der Waals surface area contributed by atoms with Crippen LogP contribution in [0.5, 0.6) is 0 Å².